The standard InChI is InChI=1S/C23H37NO8/c1-5-15-17(25)16(24-4)19-20(18(15)26)31-21-23(28,32-19)22(27,11-13(3)30-21)10-6-7-14-9-8-12(2)29-14/h8-9,13,15-21,24-28H,5-7,10-11H2,1-4H3/t13-,15-,16+,17+,18+,19?,20?,21?,22+,23-/m1/s1. The molecule has 1 saturated carbocycles. The molecule has 9 heteroatoms. The van der Waals surface area contributed by atoms with Gasteiger partial charge in [0, 0.05) is 18.8 Å². The Morgan fingerprint density at radius 2 is 1.88 bits per heavy atom. The number of aliphatic hydroxyl groups excluding tert-OH is 2. The zero-order valence-corrected chi connectivity index (χ0v) is 19.2. The summed E-state index contributed by atoms with van der Waals surface area (Å²) in [4.78, 5) is 0. The van der Waals surface area contributed by atoms with Crippen molar-refractivity contribution >= 4 is 0 Å². The zero-order chi connectivity index (χ0) is 23.3. The number of aryl methyl sites for hydroxylation is 2. The maximum atomic E-state index is 11.6. The van der Waals surface area contributed by atoms with Gasteiger partial charge in [0.25, 0.3) is 0 Å². The molecule has 3 unspecified atom stereocenters. The second-order valence-corrected chi connectivity index (χ2v) is 9.63. The number of furan rings is 1. The van der Waals surface area contributed by atoms with E-state index in [4.69, 9.17) is 18.6 Å². The molecule has 0 bridgehead atoms. The Morgan fingerprint density at radius 1 is 1.12 bits per heavy atom. The van der Waals surface area contributed by atoms with Gasteiger partial charge in [-0.25, -0.2) is 0 Å². The van der Waals surface area contributed by atoms with Gasteiger partial charge in [-0.2, -0.15) is 0 Å². The first-order valence-corrected chi connectivity index (χ1v) is 11.7. The van der Waals surface area contributed by atoms with Gasteiger partial charge in [0.1, 0.15) is 29.3 Å². The van der Waals surface area contributed by atoms with Gasteiger partial charge in [0.2, 0.25) is 12.1 Å². The van der Waals surface area contributed by atoms with Gasteiger partial charge in [-0.1, -0.05) is 6.92 Å². The molecular weight excluding hydrogens is 418 g/mol. The van der Waals surface area contributed by atoms with E-state index in [1.165, 1.54) is 0 Å². The van der Waals surface area contributed by atoms with Crippen LogP contribution in [0.5, 0.6) is 0 Å². The van der Waals surface area contributed by atoms with Crippen LogP contribution in [-0.4, -0.2) is 81.7 Å². The lowest BCUT2D eigenvalue weighted by Crippen LogP contribution is -2.78. The van der Waals surface area contributed by atoms with Crippen LogP contribution in [0, 0.1) is 12.8 Å². The predicted octanol–water partition coefficient (Wildman–Crippen LogP) is 0.599. The first kappa shape index (κ1) is 24.1. The number of rotatable bonds is 6. The van der Waals surface area contributed by atoms with E-state index in [2.05, 4.69) is 5.32 Å². The average molecular weight is 456 g/mol. The van der Waals surface area contributed by atoms with Crippen LogP contribution in [0.15, 0.2) is 16.5 Å². The summed E-state index contributed by atoms with van der Waals surface area (Å²) in [6.07, 6.45) is -3.12. The molecule has 5 N–H and O–H groups in total. The van der Waals surface area contributed by atoms with Gasteiger partial charge >= 0.3 is 0 Å². The summed E-state index contributed by atoms with van der Waals surface area (Å²) in [6.45, 7) is 5.58. The Kier molecular flexibility index (Phi) is 6.75. The van der Waals surface area contributed by atoms with Gasteiger partial charge in [-0.3, -0.25) is 0 Å². The van der Waals surface area contributed by atoms with Crippen molar-refractivity contribution in [1.29, 1.82) is 0 Å². The number of fused-ring (bicyclic) bond motifs is 2. The van der Waals surface area contributed by atoms with Crippen molar-refractivity contribution in [2.45, 2.75) is 107 Å². The Morgan fingerprint density at radius 3 is 2.50 bits per heavy atom. The summed E-state index contributed by atoms with van der Waals surface area (Å²) in [5.41, 5.74) is -1.64. The molecule has 3 aliphatic rings. The van der Waals surface area contributed by atoms with Crippen LogP contribution in [0.1, 0.15) is 51.1 Å². The van der Waals surface area contributed by atoms with E-state index in [1.54, 1.807) is 7.05 Å². The Bertz CT molecular complexity index is 788. The fraction of sp³-hybridized carbons (Fsp3) is 0.826. The maximum Gasteiger partial charge on any atom is 0.248 e. The highest BCUT2D eigenvalue weighted by Gasteiger charge is 2.68. The second kappa shape index (κ2) is 8.96. The number of aliphatic hydroxyl groups is 4. The highest BCUT2D eigenvalue weighted by atomic mass is 16.8. The largest absolute Gasteiger partial charge is 0.466 e. The van der Waals surface area contributed by atoms with Crippen molar-refractivity contribution in [3.05, 3.63) is 23.7 Å². The first-order chi connectivity index (χ1) is 15.1. The summed E-state index contributed by atoms with van der Waals surface area (Å²) in [5.74, 6) is -0.923. The SMILES string of the molecule is CC[C@@H]1[C@H](O)[C@H](NC)C2O[C@]3(O)C(OC2[C@H]1O)O[C@H](C)C[C@@]3(O)CCCc1ccc(C)o1. The van der Waals surface area contributed by atoms with Gasteiger partial charge < -0.3 is 44.4 Å². The summed E-state index contributed by atoms with van der Waals surface area (Å²) in [5, 5.41) is 48.0. The molecule has 1 aromatic heterocycles. The van der Waals surface area contributed by atoms with Crippen LogP contribution in [0.3, 0.4) is 0 Å². The maximum absolute atomic E-state index is 11.6. The highest BCUT2D eigenvalue weighted by molar-refractivity contribution is 5.11. The fourth-order valence-electron chi connectivity index (χ4n) is 5.71. The lowest BCUT2D eigenvalue weighted by molar-refractivity contribution is -0.485. The molecule has 1 aliphatic carbocycles. The van der Waals surface area contributed by atoms with Crippen LogP contribution < -0.4 is 5.32 Å². The number of hydrogen-bond donors (Lipinski definition) is 5. The van der Waals surface area contributed by atoms with Crippen molar-refractivity contribution in [1.82, 2.24) is 5.32 Å². The van der Waals surface area contributed by atoms with Crippen molar-refractivity contribution < 1.29 is 39.1 Å². The third-order valence-electron chi connectivity index (χ3n) is 7.44. The van der Waals surface area contributed by atoms with Crippen LogP contribution in [-0.2, 0) is 20.6 Å². The van der Waals surface area contributed by atoms with E-state index in [1.807, 2.05) is 32.9 Å². The summed E-state index contributed by atoms with van der Waals surface area (Å²) >= 11 is 0. The van der Waals surface area contributed by atoms with Gasteiger partial charge in [-0.15, -0.1) is 0 Å². The zero-order valence-electron chi connectivity index (χ0n) is 19.2. The number of ether oxygens (including phenoxy) is 3. The Balaban J connectivity index is 1.57. The second-order valence-electron chi connectivity index (χ2n) is 9.63. The first-order valence-electron chi connectivity index (χ1n) is 11.7. The predicted molar refractivity (Wildman–Crippen MR) is 114 cm³/mol. The molecule has 2 aliphatic heterocycles. The molecule has 32 heavy (non-hydrogen) atoms. The van der Waals surface area contributed by atoms with Crippen LogP contribution in [0.25, 0.3) is 0 Å². The average Bonchev–Trinajstić information content (AvgIpc) is 3.14. The van der Waals surface area contributed by atoms with Crippen LogP contribution in [0.4, 0.5) is 0 Å². The topological polar surface area (TPSA) is 134 Å². The number of nitrogens with one attached hydrogen (secondary N) is 1. The van der Waals surface area contributed by atoms with Crippen LogP contribution in [0.2, 0.25) is 0 Å². The van der Waals surface area contributed by atoms with Gasteiger partial charge in [0.05, 0.1) is 24.4 Å². The molecular formula is C23H37NO8. The molecule has 2 saturated heterocycles. The normalized spacial score (nSPS) is 46.5. The molecule has 182 valence electrons. The number of likely N-dealkylation sites (N-methyl/N-ethyl adjacent to an activating group) is 1. The van der Waals surface area contributed by atoms with Crippen molar-refractivity contribution in [2.24, 2.45) is 5.92 Å². The van der Waals surface area contributed by atoms with E-state index in [9.17, 15) is 20.4 Å². The molecule has 3 fully saturated rings. The molecule has 0 amide bonds. The van der Waals surface area contributed by atoms with E-state index >= 15 is 0 Å². The minimum Gasteiger partial charge on any atom is -0.466 e. The lowest BCUT2D eigenvalue weighted by atomic mass is 9.73. The highest BCUT2D eigenvalue weighted by Crippen LogP contribution is 2.49. The molecule has 10 atom stereocenters. The smallest absolute Gasteiger partial charge is 0.248 e. The lowest BCUT2D eigenvalue weighted by Gasteiger charge is -2.60. The molecule has 1 aromatic rings. The summed E-state index contributed by atoms with van der Waals surface area (Å²) in [6, 6.07) is 3.21. The summed E-state index contributed by atoms with van der Waals surface area (Å²) < 4.78 is 23.7. The molecule has 3 heterocycles. The molecule has 0 spiro atoms. The van der Waals surface area contributed by atoms with Crippen molar-refractivity contribution in [3.63, 3.8) is 0 Å². The van der Waals surface area contributed by atoms with E-state index < -0.39 is 54.1 Å². The Hall–Kier alpha value is -1.04. The third kappa shape index (κ3) is 3.92. The van der Waals surface area contributed by atoms with Gasteiger partial charge in [-0.05, 0) is 52.3 Å². The number of hydrogen-bond acceptors (Lipinski definition) is 9. The van der Waals surface area contributed by atoms with E-state index in [-0.39, 0.29) is 18.9 Å². The molecule has 0 radical (unpaired) electrons. The van der Waals surface area contributed by atoms with Gasteiger partial charge in [0.15, 0.2) is 0 Å². The minimum atomic E-state index is -2.15. The monoisotopic (exact) mass is 455 g/mol. The Labute approximate surface area is 188 Å². The molecule has 9 nitrogen and oxygen atoms in total. The minimum absolute atomic E-state index is 0.158. The van der Waals surface area contributed by atoms with Crippen molar-refractivity contribution in [2.75, 3.05) is 7.05 Å². The molecule has 0 aromatic carbocycles. The van der Waals surface area contributed by atoms with E-state index in [0.717, 1.165) is 11.5 Å². The summed E-state index contributed by atoms with van der Waals surface area (Å²) in [7, 11) is 1.69. The van der Waals surface area contributed by atoms with Crippen LogP contribution >= 0.6 is 0 Å². The van der Waals surface area contributed by atoms with E-state index in [0.29, 0.717) is 19.3 Å². The quantitative estimate of drug-likeness (QED) is 0.418. The van der Waals surface area contributed by atoms with Crippen molar-refractivity contribution in [3.8, 4) is 0 Å². The third-order valence-corrected chi connectivity index (χ3v) is 7.44. The fourth-order valence-corrected chi connectivity index (χ4v) is 5.71. The molecule has 4 rings (SSSR count).